The van der Waals surface area contributed by atoms with Crippen LogP contribution in [-0.2, 0) is 24.3 Å². The van der Waals surface area contributed by atoms with Gasteiger partial charge in [-0.25, -0.2) is 8.42 Å². The molecule has 4 N–H and O–H groups in total. The predicted molar refractivity (Wildman–Crippen MR) is 171 cm³/mol. The Bertz CT molecular complexity index is 1530. The van der Waals surface area contributed by atoms with Crippen molar-refractivity contribution in [3.63, 3.8) is 0 Å². The molecule has 0 radical (unpaired) electrons. The number of nitrogens with one attached hydrogen (secondary N) is 2. The smallest absolute Gasteiger partial charge is 0.236 e. The van der Waals surface area contributed by atoms with Crippen LogP contribution in [-0.4, -0.2) is 77.3 Å². The summed E-state index contributed by atoms with van der Waals surface area (Å²) in [5.74, 6) is -0.717. The summed E-state index contributed by atoms with van der Waals surface area (Å²) < 4.78 is 31.3. The average molecular weight is 649 g/mol. The molecule has 0 spiro atoms. The number of hydrogen-bond donors (Lipinski definition) is 3. The molecule has 1 heterocycles. The van der Waals surface area contributed by atoms with Gasteiger partial charge in [0.1, 0.15) is 0 Å². The van der Waals surface area contributed by atoms with Crippen LogP contribution in [0.3, 0.4) is 0 Å². The molecule has 1 saturated heterocycles. The molecule has 10 nitrogen and oxygen atoms in total. The van der Waals surface area contributed by atoms with Gasteiger partial charge in [-0.3, -0.25) is 19.2 Å². The van der Waals surface area contributed by atoms with Crippen LogP contribution in [0.2, 0.25) is 10.0 Å². The number of carbonyl (C=O) groups excluding carboxylic acids is 2. The van der Waals surface area contributed by atoms with Crippen LogP contribution < -0.4 is 20.7 Å². The number of amides is 2. The third-order valence-electron chi connectivity index (χ3n) is 6.92. The topological polar surface area (TPSA) is 134 Å². The standard InChI is InChI=1S/C30H35Cl2N5O5S/c1-43(40,41)35-24-4-2-3-23(17-24)21-5-7-22(8-6-21)28(19-36-13-15-42-16-14-36)34-30(39)11-12-37(20-29(33)38)25-9-10-26(31)27(32)18-25/h2-10,17-18,28,35H,11-16,19-20H2,1H3,(H2,33,38)(H,34,39). The second kappa shape index (κ2) is 14.9. The number of benzene rings is 3. The second-order valence-corrected chi connectivity index (χ2v) is 12.9. The lowest BCUT2D eigenvalue weighted by molar-refractivity contribution is -0.122. The van der Waals surface area contributed by atoms with Gasteiger partial charge in [0, 0.05) is 44.0 Å². The SMILES string of the molecule is CS(=O)(=O)Nc1cccc(-c2ccc(C(CN3CCOCC3)NC(=O)CCN(CC(N)=O)c3ccc(Cl)c(Cl)c3)cc2)c1. The quantitative estimate of drug-likeness (QED) is 0.256. The van der Waals surface area contributed by atoms with Gasteiger partial charge in [0.15, 0.2) is 0 Å². The van der Waals surface area contributed by atoms with E-state index in [-0.39, 0.29) is 31.5 Å². The minimum atomic E-state index is -3.40. The molecular formula is C30H35Cl2N5O5S. The highest BCUT2D eigenvalue weighted by atomic mass is 35.5. The maximum atomic E-state index is 13.3. The zero-order chi connectivity index (χ0) is 31.0. The zero-order valence-electron chi connectivity index (χ0n) is 23.8. The van der Waals surface area contributed by atoms with Crippen molar-refractivity contribution in [2.75, 3.05) is 61.8 Å². The highest BCUT2D eigenvalue weighted by Crippen LogP contribution is 2.28. The van der Waals surface area contributed by atoms with Crippen molar-refractivity contribution in [3.05, 3.63) is 82.3 Å². The van der Waals surface area contributed by atoms with Crippen molar-refractivity contribution in [2.45, 2.75) is 12.5 Å². The molecule has 13 heteroatoms. The van der Waals surface area contributed by atoms with E-state index in [0.29, 0.717) is 41.2 Å². The van der Waals surface area contributed by atoms with Crippen molar-refractivity contribution in [1.82, 2.24) is 10.2 Å². The van der Waals surface area contributed by atoms with E-state index in [2.05, 4.69) is 14.9 Å². The van der Waals surface area contributed by atoms with E-state index in [9.17, 15) is 18.0 Å². The van der Waals surface area contributed by atoms with Gasteiger partial charge < -0.3 is 20.7 Å². The third-order valence-corrected chi connectivity index (χ3v) is 8.26. The Hall–Kier alpha value is -3.35. The largest absolute Gasteiger partial charge is 0.379 e. The molecule has 1 unspecified atom stereocenters. The molecule has 0 saturated carbocycles. The van der Waals surface area contributed by atoms with Crippen LogP contribution in [0.4, 0.5) is 11.4 Å². The molecule has 43 heavy (non-hydrogen) atoms. The number of sulfonamides is 1. The summed E-state index contributed by atoms with van der Waals surface area (Å²) in [6, 6.07) is 19.7. The Morgan fingerprint density at radius 3 is 2.37 bits per heavy atom. The number of rotatable bonds is 13. The molecule has 1 fully saturated rings. The van der Waals surface area contributed by atoms with Crippen LogP contribution in [0.15, 0.2) is 66.7 Å². The third kappa shape index (κ3) is 10.1. The number of ether oxygens (including phenoxy) is 1. The fraction of sp³-hybridized carbons (Fsp3) is 0.333. The Labute approximate surface area is 262 Å². The van der Waals surface area contributed by atoms with Gasteiger partial charge in [-0.15, -0.1) is 0 Å². The molecule has 0 aromatic heterocycles. The Morgan fingerprint density at radius 1 is 1.00 bits per heavy atom. The highest BCUT2D eigenvalue weighted by Gasteiger charge is 2.21. The summed E-state index contributed by atoms with van der Waals surface area (Å²) >= 11 is 12.2. The molecule has 1 atom stereocenters. The molecule has 0 aliphatic carbocycles. The molecule has 3 aromatic rings. The van der Waals surface area contributed by atoms with Gasteiger partial charge in [0.25, 0.3) is 0 Å². The molecule has 1 aliphatic rings. The number of halogens is 2. The van der Waals surface area contributed by atoms with E-state index >= 15 is 0 Å². The minimum absolute atomic E-state index is 0.0786. The molecule has 0 bridgehead atoms. The summed E-state index contributed by atoms with van der Waals surface area (Å²) in [4.78, 5) is 28.9. The first kappa shape index (κ1) is 32.6. The Morgan fingerprint density at radius 2 is 1.72 bits per heavy atom. The van der Waals surface area contributed by atoms with E-state index in [0.717, 1.165) is 36.0 Å². The minimum Gasteiger partial charge on any atom is -0.379 e. The van der Waals surface area contributed by atoms with Gasteiger partial charge in [-0.1, -0.05) is 59.6 Å². The van der Waals surface area contributed by atoms with Gasteiger partial charge >= 0.3 is 0 Å². The number of anilines is 2. The first-order chi connectivity index (χ1) is 20.5. The van der Waals surface area contributed by atoms with E-state index in [1.165, 1.54) is 0 Å². The molecular weight excluding hydrogens is 613 g/mol. The van der Waals surface area contributed by atoms with Crippen molar-refractivity contribution in [3.8, 4) is 11.1 Å². The van der Waals surface area contributed by atoms with Crippen molar-refractivity contribution >= 4 is 56.4 Å². The molecule has 2 amide bonds. The lowest BCUT2D eigenvalue weighted by atomic mass is 9.99. The normalized spacial score (nSPS) is 14.6. The summed E-state index contributed by atoms with van der Waals surface area (Å²) in [6.45, 7) is 3.54. The van der Waals surface area contributed by atoms with Gasteiger partial charge in [0.05, 0.1) is 42.1 Å². The van der Waals surface area contributed by atoms with Crippen LogP contribution in [0.5, 0.6) is 0 Å². The average Bonchev–Trinajstić information content (AvgIpc) is 2.96. The van der Waals surface area contributed by atoms with Gasteiger partial charge in [0.2, 0.25) is 21.8 Å². The van der Waals surface area contributed by atoms with Crippen LogP contribution in [0.25, 0.3) is 11.1 Å². The van der Waals surface area contributed by atoms with E-state index in [1.54, 1.807) is 41.3 Å². The molecule has 4 rings (SSSR count). The fourth-order valence-corrected chi connectivity index (χ4v) is 5.68. The Balaban J connectivity index is 1.49. The number of morpholine rings is 1. The lowest BCUT2D eigenvalue weighted by Crippen LogP contribution is -2.44. The zero-order valence-corrected chi connectivity index (χ0v) is 26.1. The van der Waals surface area contributed by atoms with E-state index < -0.39 is 15.9 Å². The predicted octanol–water partition coefficient (Wildman–Crippen LogP) is 3.90. The number of nitrogens with zero attached hydrogens (tertiary/aromatic N) is 2. The van der Waals surface area contributed by atoms with Gasteiger partial charge in [-0.05, 0) is 47.0 Å². The van der Waals surface area contributed by atoms with Crippen LogP contribution in [0.1, 0.15) is 18.0 Å². The van der Waals surface area contributed by atoms with Crippen LogP contribution in [0, 0.1) is 0 Å². The highest BCUT2D eigenvalue weighted by molar-refractivity contribution is 7.92. The first-order valence-corrected chi connectivity index (χ1v) is 16.4. The maximum Gasteiger partial charge on any atom is 0.236 e. The van der Waals surface area contributed by atoms with Crippen LogP contribution >= 0.6 is 23.2 Å². The van der Waals surface area contributed by atoms with E-state index in [1.807, 2.05) is 30.3 Å². The second-order valence-electron chi connectivity index (χ2n) is 10.3. The van der Waals surface area contributed by atoms with Crippen molar-refractivity contribution in [2.24, 2.45) is 5.73 Å². The van der Waals surface area contributed by atoms with Gasteiger partial charge in [-0.2, -0.15) is 0 Å². The number of hydrogen-bond acceptors (Lipinski definition) is 7. The van der Waals surface area contributed by atoms with Crippen molar-refractivity contribution < 1.29 is 22.7 Å². The molecule has 3 aromatic carbocycles. The number of carbonyl (C=O) groups is 2. The Kier molecular flexibility index (Phi) is 11.3. The monoisotopic (exact) mass is 647 g/mol. The lowest BCUT2D eigenvalue weighted by Gasteiger charge is -2.31. The summed E-state index contributed by atoms with van der Waals surface area (Å²) in [7, 11) is -3.40. The summed E-state index contributed by atoms with van der Waals surface area (Å²) in [5, 5.41) is 3.89. The number of nitrogens with two attached hydrogens (primary N) is 1. The summed E-state index contributed by atoms with van der Waals surface area (Å²) in [6.07, 6.45) is 1.23. The van der Waals surface area contributed by atoms with E-state index in [4.69, 9.17) is 33.7 Å². The molecule has 230 valence electrons. The molecule has 1 aliphatic heterocycles. The summed E-state index contributed by atoms with van der Waals surface area (Å²) in [5.41, 5.74) is 9.26. The van der Waals surface area contributed by atoms with Crippen molar-refractivity contribution in [1.29, 1.82) is 0 Å². The fourth-order valence-electron chi connectivity index (χ4n) is 4.83. The first-order valence-electron chi connectivity index (χ1n) is 13.7. The number of primary amides is 1. The maximum absolute atomic E-state index is 13.3.